The first-order valence-corrected chi connectivity index (χ1v) is 12.3. The van der Waals surface area contributed by atoms with Gasteiger partial charge in [0.25, 0.3) is 0 Å². The van der Waals surface area contributed by atoms with Gasteiger partial charge in [-0.1, -0.05) is 48.5 Å². The standard InChI is InChI=1S/C29H31N3O6/c1-29(2,3)38-27(35)31-25-16-18(13-14-30-25)15-24(26(33)34)32(4)28(36)37-17-23-21-11-7-5-9-19(21)20-10-6-8-12-22(20)23/h5-14,16,23-24H,15,17H2,1-4H3,(H,33,34)(H,30,31,35)/t24-/m0/s1. The number of fused-ring (bicyclic) bond motifs is 3. The molecular formula is C29H31N3O6. The highest BCUT2D eigenvalue weighted by molar-refractivity contribution is 5.84. The van der Waals surface area contributed by atoms with Crippen LogP contribution in [0.2, 0.25) is 0 Å². The smallest absolute Gasteiger partial charge is 0.413 e. The zero-order valence-corrected chi connectivity index (χ0v) is 21.8. The maximum absolute atomic E-state index is 13.0. The number of benzene rings is 2. The molecule has 0 unspecified atom stereocenters. The van der Waals surface area contributed by atoms with Crippen LogP contribution in [0.1, 0.15) is 43.4 Å². The van der Waals surface area contributed by atoms with Gasteiger partial charge in [-0.2, -0.15) is 0 Å². The Labute approximate surface area is 221 Å². The van der Waals surface area contributed by atoms with Gasteiger partial charge in [0, 0.05) is 25.6 Å². The summed E-state index contributed by atoms with van der Waals surface area (Å²) >= 11 is 0. The number of ether oxygens (including phenoxy) is 2. The predicted octanol–water partition coefficient (Wildman–Crippen LogP) is 5.31. The molecule has 0 saturated heterocycles. The van der Waals surface area contributed by atoms with Crippen molar-refractivity contribution in [1.29, 1.82) is 0 Å². The summed E-state index contributed by atoms with van der Waals surface area (Å²) in [4.78, 5) is 42.3. The summed E-state index contributed by atoms with van der Waals surface area (Å²) in [7, 11) is 1.40. The molecule has 0 aliphatic heterocycles. The lowest BCUT2D eigenvalue weighted by Crippen LogP contribution is -2.44. The largest absolute Gasteiger partial charge is 0.480 e. The van der Waals surface area contributed by atoms with Crippen molar-refractivity contribution in [3.63, 3.8) is 0 Å². The number of hydrogen-bond donors (Lipinski definition) is 2. The fourth-order valence-corrected chi connectivity index (χ4v) is 4.51. The number of likely N-dealkylation sites (N-methyl/N-ethyl adjacent to an activating group) is 1. The topological polar surface area (TPSA) is 118 Å². The van der Waals surface area contributed by atoms with E-state index in [1.54, 1.807) is 32.9 Å². The van der Waals surface area contributed by atoms with Crippen LogP contribution >= 0.6 is 0 Å². The number of carbonyl (C=O) groups excluding carboxylic acids is 2. The lowest BCUT2D eigenvalue weighted by atomic mass is 9.98. The average Bonchev–Trinajstić information content (AvgIpc) is 3.18. The number of rotatable bonds is 7. The van der Waals surface area contributed by atoms with Crippen LogP contribution < -0.4 is 5.32 Å². The second kappa shape index (κ2) is 10.9. The number of amides is 2. The van der Waals surface area contributed by atoms with E-state index in [1.165, 1.54) is 13.2 Å². The Kier molecular flexibility index (Phi) is 7.66. The molecule has 0 radical (unpaired) electrons. The molecule has 38 heavy (non-hydrogen) atoms. The fourth-order valence-electron chi connectivity index (χ4n) is 4.51. The van der Waals surface area contributed by atoms with Gasteiger partial charge in [0.15, 0.2) is 0 Å². The Balaban J connectivity index is 1.42. The van der Waals surface area contributed by atoms with E-state index >= 15 is 0 Å². The van der Waals surface area contributed by atoms with E-state index in [9.17, 15) is 19.5 Å². The first-order chi connectivity index (χ1) is 18.0. The lowest BCUT2D eigenvalue weighted by molar-refractivity contribution is -0.142. The van der Waals surface area contributed by atoms with Crippen molar-refractivity contribution in [1.82, 2.24) is 9.88 Å². The Bertz CT molecular complexity index is 1300. The molecular weight excluding hydrogens is 486 g/mol. The SMILES string of the molecule is CN(C(=O)OCC1c2ccccc2-c2ccccc21)[C@@H](Cc1ccnc(NC(=O)OC(C)(C)C)c1)C(=O)O. The minimum absolute atomic E-state index is 0.0124. The minimum Gasteiger partial charge on any atom is -0.480 e. The fraction of sp³-hybridized carbons (Fsp3) is 0.310. The van der Waals surface area contributed by atoms with Crippen LogP contribution in [-0.4, -0.2) is 58.4 Å². The summed E-state index contributed by atoms with van der Waals surface area (Å²) in [6, 6.07) is 18.0. The molecule has 2 aromatic carbocycles. The van der Waals surface area contributed by atoms with Crippen LogP contribution in [0, 0.1) is 0 Å². The van der Waals surface area contributed by atoms with Gasteiger partial charge in [0.05, 0.1) is 0 Å². The summed E-state index contributed by atoms with van der Waals surface area (Å²) in [5, 5.41) is 12.4. The van der Waals surface area contributed by atoms with Crippen LogP contribution in [0.3, 0.4) is 0 Å². The molecule has 198 valence electrons. The van der Waals surface area contributed by atoms with E-state index in [2.05, 4.69) is 10.3 Å². The normalized spacial score (nSPS) is 13.2. The van der Waals surface area contributed by atoms with Gasteiger partial charge < -0.3 is 14.6 Å². The van der Waals surface area contributed by atoms with E-state index in [-0.39, 0.29) is 24.8 Å². The van der Waals surface area contributed by atoms with Crippen molar-refractivity contribution in [3.8, 4) is 11.1 Å². The number of aliphatic carboxylic acids is 1. The summed E-state index contributed by atoms with van der Waals surface area (Å²) in [5.74, 6) is -1.10. The lowest BCUT2D eigenvalue weighted by Gasteiger charge is -2.25. The van der Waals surface area contributed by atoms with Gasteiger partial charge in [-0.3, -0.25) is 10.2 Å². The Morgan fingerprint density at radius 1 is 1.03 bits per heavy atom. The van der Waals surface area contributed by atoms with Gasteiger partial charge in [-0.15, -0.1) is 0 Å². The average molecular weight is 518 g/mol. The van der Waals surface area contributed by atoms with Crippen LogP contribution in [0.25, 0.3) is 11.1 Å². The summed E-state index contributed by atoms with van der Waals surface area (Å²) in [5.41, 5.74) is 4.24. The number of hydrogen-bond acceptors (Lipinski definition) is 6. The minimum atomic E-state index is -1.19. The van der Waals surface area contributed by atoms with Crippen LogP contribution in [-0.2, 0) is 20.7 Å². The molecule has 0 spiro atoms. The van der Waals surface area contributed by atoms with E-state index in [4.69, 9.17) is 9.47 Å². The number of nitrogens with zero attached hydrogens (tertiary/aromatic N) is 2. The Morgan fingerprint density at radius 2 is 1.63 bits per heavy atom. The molecule has 3 aromatic rings. The highest BCUT2D eigenvalue weighted by atomic mass is 16.6. The van der Waals surface area contributed by atoms with Crippen molar-refractivity contribution in [3.05, 3.63) is 83.6 Å². The number of carboxylic acid groups (broad SMARTS) is 1. The van der Waals surface area contributed by atoms with Crippen LogP contribution in [0.5, 0.6) is 0 Å². The van der Waals surface area contributed by atoms with E-state index < -0.39 is 29.8 Å². The molecule has 4 rings (SSSR count). The molecule has 0 bridgehead atoms. The monoisotopic (exact) mass is 517 g/mol. The molecule has 1 aliphatic rings. The zero-order chi connectivity index (χ0) is 27.4. The second-order valence-corrected chi connectivity index (χ2v) is 10.1. The van der Waals surface area contributed by atoms with Gasteiger partial charge in [0.2, 0.25) is 0 Å². The zero-order valence-electron chi connectivity index (χ0n) is 21.8. The van der Waals surface area contributed by atoms with Crippen LogP contribution in [0.4, 0.5) is 15.4 Å². The summed E-state index contributed by atoms with van der Waals surface area (Å²) < 4.78 is 10.9. The number of carboxylic acids is 1. The third kappa shape index (κ3) is 6.11. The Hall–Kier alpha value is -4.40. The predicted molar refractivity (Wildman–Crippen MR) is 142 cm³/mol. The van der Waals surface area contributed by atoms with Crippen molar-refractivity contribution >= 4 is 24.0 Å². The van der Waals surface area contributed by atoms with Crippen molar-refractivity contribution in [2.24, 2.45) is 0 Å². The third-order valence-electron chi connectivity index (χ3n) is 6.26. The van der Waals surface area contributed by atoms with Crippen LogP contribution in [0.15, 0.2) is 66.9 Å². The number of pyridine rings is 1. The van der Waals surface area contributed by atoms with E-state index in [0.717, 1.165) is 27.2 Å². The molecule has 0 fully saturated rings. The maximum Gasteiger partial charge on any atom is 0.413 e. The number of aromatic nitrogens is 1. The van der Waals surface area contributed by atoms with Gasteiger partial charge in [-0.25, -0.2) is 19.4 Å². The van der Waals surface area contributed by atoms with Gasteiger partial charge in [0.1, 0.15) is 24.1 Å². The number of nitrogens with one attached hydrogen (secondary N) is 1. The summed E-state index contributed by atoms with van der Waals surface area (Å²) in [6.07, 6.45) is 0.0311. The highest BCUT2D eigenvalue weighted by Crippen LogP contribution is 2.44. The second-order valence-electron chi connectivity index (χ2n) is 10.1. The molecule has 9 heteroatoms. The molecule has 1 aromatic heterocycles. The quantitative estimate of drug-likeness (QED) is 0.436. The first kappa shape index (κ1) is 26.7. The highest BCUT2D eigenvalue weighted by Gasteiger charge is 2.32. The molecule has 9 nitrogen and oxygen atoms in total. The Morgan fingerprint density at radius 3 is 2.21 bits per heavy atom. The molecule has 1 atom stereocenters. The van der Waals surface area contributed by atoms with Crippen molar-refractivity contribution < 1.29 is 29.0 Å². The number of carbonyl (C=O) groups is 3. The molecule has 0 saturated carbocycles. The van der Waals surface area contributed by atoms with Crippen molar-refractivity contribution in [2.45, 2.75) is 44.8 Å². The summed E-state index contributed by atoms with van der Waals surface area (Å²) in [6.45, 7) is 5.32. The molecule has 2 amide bonds. The van der Waals surface area contributed by atoms with Crippen molar-refractivity contribution in [2.75, 3.05) is 19.0 Å². The molecule has 2 N–H and O–H groups in total. The van der Waals surface area contributed by atoms with E-state index in [1.807, 2.05) is 48.5 Å². The number of anilines is 1. The van der Waals surface area contributed by atoms with E-state index in [0.29, 0.717) is 5.56 Å². The first-order valence-electron chi connectivity index (χ1n) is 12.3. The van der Waals surface area contributed by atoms with Gasteiger partial charge in [-0.05, 0) is 60.7 Å². The molecule has 1 heterocycles. The molecule has 1 aliphatic carbocycles. The van der Waals surface area contributed by atoms with Gasteiger partial charge >= 0.3 is 18.2 Å². The third-order valence-corrected chi connectivity index (χ3v) is 6.26. The maximum atomic E-state index is 13.0.